The third-order valence-electron chi connectivity index (χ3n) is 2.84. The molecule has 0 bridgehead atoms. The molecule has 0 aliphatic carbocycles. The van der Waals surface area contributed by atoms with Gasteiger partial charge in [0, 0.05) is 0 Å². The molecule has 0 atom stereocenters. The molecule has 8 nitrogen and oxygen atoms in total. The second-order valence-electron chi connectivity index (χ2n) is 4.85. The van der Waals surface area contributed by atoms with Crippen LogP contribution in [0.1, 0.15) is 6.92 Å². The Labute approximate surface area is 139 Å². The van der Waals surface area contributed by atoms with Crippen molar-refractivity contribution in [2.24, 2.45) is 10.2 Å². The van der Waals surface area contributed by atoms with Crippen molar-refractivity contribution in [2.45, 2.75) is 11.8 Å². The van der Waals surface area contributed by atoms with Gasteiger partial charge in [0.25, 0.3) is 10.1 Å². The lowest BCUT2D eigenvalue weighted by Crippen LogP contribution is -2.12. The SMILES string of the molecule is CC(=O)CN=Nc1cccc(NNc2ccccc2)c1S(=O)(=O)O. The Morgan fingerprint density at radius 2 is 1.79 bits per heavy atom. The lowest BCUT2D eigenvalue weighted by Gasteiger charge is -2.13. The lowest BCUT2D eigenvalue weighted by molar-refractivity contribution is -0.115. The van der Waals surface area contributed by atoms with Crippen molar-refractivity contribution in [1.82, 2.24) is 0 Å². The minimum atomic E-state index is -4.56. The fraction of sp³-hybridized carbons (Fsp3) is 0.133. The smallest absolute Gasteiger partial charge is 0.298 e. The Morgan fingerprint density at radius 1 is 1.08 bits per heavy atom. The molecule has 126 valence electrons. The van der Waals surface area contributed by atoms with Crippen LogP contribution < -0.4 is 10.9 Å². The summed E-state index contributed by atoms with van der Waals surface area (Å²) in [5.74, 6) is -0.216. The maximum absolute atomic E-state index is 11.7. The Morgan fingerprint density at radius 3 is 2.42 bits per heavy atom. The number of rotatable bonds is 7. The second-order valence-corrected chi connectivity index (χ2v) is 6.20. The van der Waals surface area contributed by atoms with E-state index in [1.165, 1.54) is 19.1 Å². The number of hydrogen-bond donors (Lipinski definition) is 3. The average molecular weight is 348 g/mol. The fourth-order valence-corrected chi connectivity index (χ4v) is 2.62. The zero-order valence-electron chi connectivity index (χ0n) is 12.8. The van der Waals surface area contributed by atoms with Gasteiger partial charge in [0.05, 0.1) is 11.4 Å². The van der Waals surface area contributed by atoms with E-state index in [1.807, 2.05) is 6.07 Å². The van der Waals surface area contributed by atoms with Crippen LogP contribution in [0.2, 0.25) is 0 Å². The van der Waals surface area contributed by atoms with Gasteiger partial charge in [-0.2, -0.15) is 18.6 Å². The molecule has 0 radical (unpaired) electrons. The molecule has 0 amide bonds. The first kappa shape index (κ1) is 17.6. The topological polar surface area (TPSA) is 120 Å². The summed E-state index contributed by atoms with van der Waals surface area (Å²) in [6.45, 7) is 1.16. The van der Waals surface area contributed by atoms with Crippen molar-refractivity contribution in [3.8, 4) is 0 Å². The summed E-state index contributed by atoms with van der Waals surface area (Å²) in [7, 11) is -4.56. The largest absolute Gasteiger partial charge is 0.301 e. The number of nitrogens with one attached hydrogen (secondary N) is 2. The molecule has 0 unspecified atom stereocenters. The van der Waals surface area contributed by atoms with Crippen LogP contribution in [0.15, 0.2) is 63.7 Å². The predicted molar refractivity (Wildman–Crippen MR) is 90.0 cm³/mol. The van der Waals surface area contributed by atoms with E-state index in [2.05, 4.69) is 21.1 Å². The zero-order valence-corrected chi connectivity index (χ0v) is 13.6. The van der Waals surface area contributed by atoms with Crippen LogP contribution in [0, 0.1) is 0 Å². The van der Waals surface area contributed by atoms with Crippen molar-refractivity contribution in [3.63, 3.8) is 0 Å². The van der Waals surface area contributed by atoms with Crippen LogP contribution in [-0.2, 0) is 14.9 Å². The fourth-order valence-electron chi connectivity index (χ4n) is 1.85. The molecule has 0 fully saturated rings. The minimum absolute atomic E-state index is 0.0707. The molecule has 0 aromatic heterocycles. The van der Waals surface area contributed by atoms with E-state index in [1.54, 1.807) is 30.3 Å². The molecule has 3 N–H and O–H groups in total. The number of nitrogens with zero attached hydrogens (tertiary/aromatic N) is 2. The number of carbonyl (C=O) groups excluding carboxylic acids is 1. The van der Waals surface area contributed by atoms with Crippen molar-refractivity contribution in [3.05, 3.63) is 48.5 Å². The Balaban J connectivity index is 2.33. The van der Waals surface area contributed by atoms with Gasteiger partial charge in [0.2, 0.25) is 0 Å². The third-order valence-corrected chi connectivity index (χ3v) is 3.78. The summed E-state index contributed by atoms with van der Waals surface area (Å²) in [6, 6.07) is 13.4. The van der Waals surface area contributed by atoms with Gasteiger partial charge >= 0.3 is 0 Å². The van der Waals surface area contributed by atoms with Crippen LogP contribution >= 0.6 is 0 Å². The molecular weight excluding hydrogens is 332 g/mol. The number of hydrazine groups is 1. The van der Waals surface area contributed by atoms with E-state index in [4.69, 9.17) is 0 Å². The maximum Gasteiger partial charge on any atom is 0.298 e. The van der Waals surface area contributed by atoms with Crippen LogP contribution in [0.25, 0.3) is 0 Å². The summed E-state index contributed by atoms with van der Waals surface area (Å²) in [5.41, 5.74) is 6.26. The van der Waals surface area contributed by atoms with Crippen LogP contribution in [0.4, 0.5) is 17.1 Å². The highest BCUT2D eigenvalue weighted by Crippen LogP contribution is 2.31. The number of benzene rings is 2. The van der Waals surface area contributed by atoms with Gasteiger partial charge in [-0.15, -0.1) is 0 Å². The van der Waals surface area contributed by atoms with E-state index in [9.17, 15) is 17.8 Å². The van der Waals surface area contributed by atoms with E-state index in [0.717, 1.165) is 0 Å². The summed E-state index contributed by atoms with van der Waals surface area (Å²) in [6.07, 6.45) is 0. The molecule has 9 heteroatoms. The second kappa shape index (κ2) is 7.66. The highest BCUT2D eigenvalue weighted by atomic mass is 32.2. The Kier molecular flexibility index (Phi) is 5.61. The summed E-state index contributed by atoms with van der Waals surface area (Å²) >= 11 is 0. The number of Topliss-reactive ketones (excluding diaryl/α,β-unsaturated/α-hetero) is 1. The molecule has 24 heavy (non-hydrogen) atoms. The number of azo groups is 1. The first-order chi connectivity index (χ1) is 11.4. The Hall–Kier alpha value is -2.78. The van der Waals surface area contributed by atoms with Gasteiger partial charge in [-0.05, 0) is 31.2 Å². The standard InChI is InChI=1S/C15H16N4O4S/c1-11(20)10-16-18-13-8-5-9-14(15(13)24(21,22)23)19-17-12-6-3-2-4-7-12/h2-9,17,19H,10H2,1H3,(H,21,22,23). The maximum atomic E-state index is 11.7. The Bertz CT molecular complexity index is 851. The van der Waals surface area contributed by atoms with E-state index in [0.29, 0.717) is 5.69 Å². The minimum Gasteiger partial charge on any atom is -0.301 e. The lowest BCUT2D eigenvalue weighted by atomic mass is 10.3. The summed E-state index contributed by atoms with van der Waals surface area (Å²) in [4.78, 5) is 10.5. The molecule has 2 rings (SSSR count). The first-order valence-corrected chi connectivity index (χ1v) is 8.36. The third kappa shape index (κ3) is 4.86. The highest BCUT2D eigenvalue weighted by Gasteiger charge is 2.20. The van der Waals surface area contributed by atoms with Crippen LogP contribution in [0.3, 0.4) is 0 Å². The number of hydrogen-bond acceptors (Lipinski definition) is 7. The van der Waals surface area contributed by atoms with Gasteiger partial charge in [0.1, 0.15) is 17.1 Å². The van der Waals surface area contributed by atoms with Crippen molar-refractivity contribution in [2.75, 3.05) is 17.4 Å². The van der Waals surface area contributed by atoms with Crippen molar-refractivity contribution in [1.29, 1.82) is 0 Å². The van der Waals surface area contributed by atoms with E-state index in [-0.39, 0.29) is 23.7 Å². The van der Waals surface area contributed by atoms with Gasteiger partial charge in [0.15, 0.2) is 5.78 Å². The predicted octanol–water partition coefficient (Wildman–Crippen LogP) is 3.05. The molecule has 0 spiro atoms. The summed E-state index contributed by atoms with van der Waals surface area (Å²) in [5, 5.41) is 7.35. The normalized spacial score (nSPS) is 11.4. The number of anilines is 2. The summed E-state index contributed by atoms with van der Waals surface area (Å²) < 4.78 is 32.9. The van der Waals surface area contributed by atoms with E-state index < -0.39 is 15.0 Å². The van der Waals surface area contributed by atoms with Gasteiger partial charge in [-0.3, -0.25) is 14.8 Å². The molecule has 2 aromatic rings. The molecule has 2 aromatic carbocycles. The molecule has 0 aliphatic heterocycles. The van der Waals surface area contributed by atoms with Crippen molar-refractivity contribution >= 4 is 33.0 Å². The molecular formula is C15H16N4O4S. The van der Waals surface area contributed by atoms with Crippen LogP contribution in [-0.4, -0.2) is 25.3 Å². The number of para-hydroxylation sites is 1. The number of carbonyl (C=O) groups is 1. The molecule has 0 saturated heterocycles. The quantitative estimate of drug-likeness (QED) is 0.402. The molecule has 0 aliphatic rings. The zero-order chi connectivity index (χ0) is 17.6. The monoisotopic (exact) mass is 348 g/mol. The van der Waals surface area contributed by atoms with Crippen molar-refractivity contribution < 1.29 is 17.8 Å². The highest BCUT2D eigenvalue weighted by molar-refractivity contribution is 7.86. The molecule has 0 saturated carbocycles. The van der Waals surface area contributed by atoms with Crippen LogP contribution in [0.5, 0.6) is 0 Å². The van der Waals surface area contributed by atoms with Gasteiger partial charge < -0.3 is 5.43 Å². The van der Waals surface area contributed by atoms with Gasteiger partial charge in [-0.25, -0.2) is 0 Å². The average Bonchev–Trinajstić information content (AvgIpc) is 2.52. The van der Waals surface area contributed by atoms with E-state index >= 15 is 0 Å². The van der Waals surface area contributed by atoms with Gasteiger partial charge in [-0.1, -0.05) is 24.3 Å². The number of ketones is 1. The first-order valence-electron chi connectivity index (χ1n) is 6.92. The molecule has 0 heterocycles.